The monoisotopic (exact) mass is 488 g/mol. The molecule has 0 unspecified atom stereocenters. The van der Waals surface area contributed by atoms with E-state index in [1.54, 1.807) is 0 Å². The Morgan fingerprint density at radius 3 is 2.63 bits per heavy atom. The molecular weight excluding hydrogens is 455 g/mol. The maximum absolute atomic E-state index is 5.43. The van der Waals surface area contributed by atoms with Crippen LogP contribution in [0.1, 0.15) is 57.5 Å². The lowest BCUT2D eigenvalue weighted by molar-refractivity contribution is 0.380. The van der Waals surface area contributed by atoms with E-state index >= 15 is 0 Å². The minimum absolute atomic E-state index is 0. The zero-order chi connectivity index (χ0) is 18.9. The highest BCUT2D eigenvalue weighted by atomic mass is 127. The summed E-state index contributed by atoms with van der Waals surface area (Å²) in [5, 5.41) is 10.8. The standard InChI is InChI=1S/C19H32N6O.HI/c1-6-16-15(17(7-2)26-24-16)11-22-19(20-8-3)23-12-18-21-9-10-25(18)13-14(4)5;/h9-10,14H,6-8,11-13H2,1-5H3,(H2,20,22,23);1H. The van der Waals surface area contributed by atoms with Crippen molar-refractivity contribution in [1.82, 2.24) is 25.3 Å². The number of hydrogen-bond acceptors (Lipinski definition) is 4. The van der Waals surface area contributed by atoms with Crippen LogP contribution in [0, 0.1) is 5.92 Å². The van der Waals surface area contributed by atoms with Gasteiger partial charge in [0.1, 0.15) is 11.6 Å². The predicted octanol–water partition coefficient (Wildman–Crippen LogP) is 3.53. The van der Waals surface area contributed by atoms with Crippen LogP contribution in [0.4, 0.5) is 0 Å². The van der Waals surface area contributed by atoms with Gasteiger partial charge in [-0.05, 0) is 19.3 Å². The number of halogens is 1. The highest BCUT2D eigenvalue weighted by Crippen LogP contribution is 2.16. The molecule has 0 aliphatic carbocycles. The van der Waals surface area contributed by atoms with Gasteiger partial charge in [-0.15, -0.1) is 24.0 Å². The second-order valence-corrected chi connectivity index (χ2v) is 6.68. The first-order valence-electron chi connectivity index (χ1n) is 9.57. The van der Waals surface area contributed by atoms with Gasteiger partial charge in [-0.1, -0.05) is 32.9 Å². The van der Waals surface area contributed by atoms with Crippen LogP contribution in [0.25, 0.3) is 0 Å². The molecule has 2 N–H and O–H groups in total. The summed E-state index contributed by atoms with van der Waals surface area (Å²) in [6.45, 7) is 13.6. The Morgan fingerprint density at radius 2 is 2.00 bits per heavy atom. The molecule has 0 amide bonds. The zero-order valence-electron chi connectivity index (χ0n) is 17.1. The van der Waals surface area contributed by atoms with Crippen molar-refractivity contribution in [1.29, 1.82) is 0 Å². The van der Waals surface area contributed by atoms with Gasteiger partial charge in [-0.2, -0.15) is 0 Å². The van der Waals surface area contributed by atoms with E-state index in [4.69, 9.17) is 9.52 Å². The number of rotatable bonds is 9. The van der Waals surface area contributed by atoms with Gasteiger partial charge in [0.2, 0.25) is 0 Å². The third-order valence-corrected chi connectivity index (χ3v) is 4.12. The Labute approximate surface area is 179 Å². The highest BCUT2D eigenvalue weighted by Gasteiger charge is 2.13. The van der Waals surface area contributed by atoms with E-state index in [0.717, 1.165) is 54.7 Å². The normalized spacial score (nSPS) is 11.6. The Kier molecular flexibility index (Phi) is 10.4. The molecule has 0 saturated heterocycles. The molecule has 152 valence electrons. The average molecular weight is 488 g/mol. The van der Waals surface area contributed by atoms with Gasteiger partial charge in [0.15, 0.2) is 5.96 Å². The molecule has 0 saturated carbocycles. The molecule has 2 aromatic heterocycles. The molecule has 0 fully saturated rings. The molecular formula is C19H33IN6O. The summed E-state index contributed by atoms with van der Waals surface area (Å²) in [7, 11) is 0. The van der Waals surface area contributed by atoms with Crippen molar-refractivity contribution in [2.45, 2.75) is 67.1 Å². The van der Waals surface area contributed by atoms with Gasteiger partial charge in [0.25, 0.3) is 0 Å². The fourth-order valence-corrected chi connectivity index (χ4v) is 2.85. The van der Waals surface area contributed by atoms with Crippen molar-refractivity contribution in [3.05, 3.63) is 35.2 Å². The summed E-state index contributed by atoms with van der Waals surface area (Å²) in [4.78, 5) is 9.18. The molecule has 2 heterocycles. The zero-order valence-corrected chi connectivity index (χ0v) is 19.4. The maximum atomic E-state index is 5.43. The largest absolute Gasteiger partial charge is 0.361 e. The second kappa shape index (κ2) is 12.0. The summed E-state index contributed by atoms with van der Waals surface area (Å²) >= 11 is 0. The fraction of sp³-hybridized carbons (Fsp3) is 0.632. The molecule has 27 heavy (non-hydrogen) atoms. The van der Waals surface area contributed by atoms with Crippen molar-refractivity contribution in [3.63, 3.8) is 0 Å². The van der Waals surface area contributed by atoms with Crippen molar-refractivity contribution >= 4 is 29.9 Å². The minimum Gasteiger partial charge on any atom is -0.361 e. The van der Waals surface area contributed by atoms with Crippen LogP contribution in [0.2, 0.25) is 0 Å². The SMILES string of the molecule is CCNC(=NCc1c(CC)noc1CC)NCc1nccn1CC(C)C.I. The van der Waals surface area contributed by atoms with Gasteiger partial charge >= 0.3 is 0 Å². The molecule has 0 aliphatic rings. The lowest BCUT2D eigenvalue weighted by atomic mass is 10.1. The molecule has 0 aromatic carbocycles. The van der Waals surface area contributed by atoms with E-state index < -0.39 is 0 Å². The Morgan fingerprint density at radius 1 is 1.22 bits per heavy atom. The molecule has 0 radical (unpaired) electrons. The number of aliphatic imine (C=N–C) groups is 1. The van der Waals surface area contributed by atoms with Crippen LogP contribution in [0.15, 0.2) is 21.9 Å². The van der Waals surface area contributed by atoms with E-state index in [2.05, 4.69) is 60.0 Å². The topological polar surface area (TPSA) is 80.3 Å². The number of imidazole rings is 1. The summed E-state index contributed by atoms with van der Waals surface area (Å²) < 4.78 is 7.61. The van der Waals surface area contributed by atoms with Gasteiger partial charge in [0, 0.05) is 37.5 Å². The van der Waals surface area contributed by atoms with Crippen molar-refractivity contribution in [2.24, 2.45) is 10.9 Å². The van der Waals surface area contributed by atoms with Crippen LogP contribution in [0.5, 0.6) is 0 Å². The fourth-order valence-electron chi connectivity index (χ4n) is 2.85. The summed E-state index contributed by atoms with van der Waals surface area (Å²) in [6.07, 6.45) is 5.56. The van der Waals surface area contributed by atoms with Crippen LogP contribution in [0.3, 0.4) is 0 Å². The second-order valence-electron chi connectivity index (χ2n) is 6.68. The van der Waals surface area contributed by atoms with Crippen molar-refractivity contribution in [2.75, 3.05) is 6.54 Å². The number of hydrogen-bond donors (Lipinski definition) is 2. The molecule has 0 spiro atoms. The molecule has 8 heteroatoms. The van der Waals surface area contributed by atoms with Crippen LogP contribution in [-0.2, 0) is 32.5 Å². The average Bonchev–Trinajstić information content (AvgIpc) is 3.22. The molecule has 0 atom stereocenters. The van der Waals surface area contributed by atoms with E-state index in [-0.39, 0.29) is 24.0 Å². The minimum atomic E-state index is 0. The lowest BCUT2D eigenvalue weighted by Crippen LogP contribution is -2.37. The van der Waals surface area contributed by atoms with Crippen LogP contribution < -0.4 is 10.6 Å². The maximum Gasteiger partial charge on any atom is 0.191 e. The number of guanidine groups is 1. The quantitative estimate of drug-likeness (QED) is 0.321. The smallest absolute Gasteiger partial charge is 0.191 e. The van der Waals surface area contributed by atoms with Crippen LogP contribution in [-0.4, -0.2) is 27.2 Å². The number of nitrogens with zero attached hydrogens (tertiary/aromatic N) is 4. The molecule has 2 aromatic rings. The van der Waals surface area contributed by atoms with Gasteiger partial charge in [-0.3, -0.25) is 0 Å². The highest BCUT2D eigenvalue weighted by molar-refractivity contribution is 14.0. The Balaban J connectivity index is 0.00000364. The van der Waals surface area contributed by atoms with E-state index in [1.165, 1.54) is 0 Å². The van der Waals surface area contributed by atoms with Gasteiger partial charge < -0.3 is 19.7 Å². The van der Waals surface area contributed by atoms with E-state index in [0.29, 0.717) is 19.0 Å². The molecule has 7 nitrogen and oxygen atoms in total. The Bertz CT molecular complexity index is 685. The third-order valence-electron chi connectivity index (χ3n) is 4.12. The van der Waals surface area contributed by atoms with Crippen LogP contribution >= 0.6 is 24.0 Å². The molecule has 0 bridgehead atoms. The van der Waals surface area contributed by atoms with E-state index in [9.17, 15) is 0 Å². The van der Waals surface area contributed by atoms with Gasteiger partial charge in [0.05, 0.1) is 18.8 Å². The van der Waals surface area contributed by atoms with Crippen molar-refractivity contribution in [3.8, 4) is 0 Å². The first kappa shape index (κ1) is 23.5. The first-order valence-corrected chi connectivity index (χ1v) is 9.57. The summed E-state index contributed by atoms with van der Waals surface area (Å²) in [6, 6.07) is 0. The summed E-state index contributed by atoms with van der Waals surface area (Å²) in [5.41, 5.74) is 2.10. The summed E-state index contributed by atoms with van der Waals surface area (Å²) in [5.74, 6) is 3.29. The number of aryl methyl sites for hydroxylation is 2. The number of nitrogens with one attached hydrogen (secondary N) is 2. The van der Waals surface area contributed by atoms with Crippen molar-refractivity contribution < 1.29 is 4.52 Å². The number of aromatic nitrogens is 3. The lowest BCUT2D eigenvalue weighted by Gasteiger charge is -2.13. The van der Waals surface area contributed by atoms with Gasteiger partial charge in [-0.25, -0.2) is 9.98 Å². The first-order chi connectivity index (χ1) is 12.6. The molecule has 2 rings (SSSR count). The Hall–Kier alpha value is -1.58. The molecule has 0 aliphatic heterocycles. The van der Waals surface area contributed by atoms with E-state index in [1.807, 2.05) is 12.4 Å². The third kappa shape index (κ3) is 6.82. The predicted molar refractivity (Wildman–Crippen MR) is 119 cm³/mol.